The molecule has 1 aliphatic heterocycles. The minimum Gasteiger partial charge on any atom is -0.394 e. The van der Waals surface area contributed by atoms with Crippen molar-refractivity contribution in [3.8, 4) is 6.01 Å². The van der Waals surface area contributed by atoms with E-state index >= 15 is 0 Å². The molecule has 0 saturated carbocycles. The third-order valence-electron chi connectivity index (χ3n) is 3.19. The van der Waals surface area contributed by atoms with Crippen LogP contribution in [-0.4, -0.2) is 48.5 Å². The van der Waals surface area contributed by atoms with Crippen LogP contribution in [0.4, 0.5) is 5.82 Å². The minimum atomic E-state index is -0.759. The number of hydrogen-bond acceptors (Lipinski definition) is 8. The van der Waals surface area contributed by atoms with Crippen molar-refractivity contribution in [1.29, 1.82) is 0 Å². The lowest BCUT2D eigenvalue weighted by molar-refractivity contribution is -0.0432. The summed E-state index contributed by atoms with van der Waals surface area (Å²) in [5.41, 5.74) is 6.49. The van der Waals surface area contributed by atoms with E-state index < -0.39 is 18.4 Å². The molecule has 108 valence electrons. The molecular weight excluding hydrogens is 290 g/mol. The molecule has 3 atom stereocenters. The Kier molecular flexibility index (Phi) is 3.34. The van der Waals surface area contributed by atoms with Gasteiger partial charge in [-0.15, -0.1) is 0 Å². The summed E-state index contributed by atoms with van der Waals surface area (Å²) in [6.07, 6.45) is -0.127. The summed E-state index contributed by atoms with van der Waals surface area (Å²) >= 11 is 5.23. The predicted octanol–water partition coefficient (Wildman–Crippen LogP) is -0.418. The number of hydrogen-bond donors (Lipinski definition) is 3. The molecule has 0 amide bonds. The summed E-state index contributed by atoms with van der Waals surface area (Å²) in [6, 6.07) is -0.101. The van der Waals surface area contributed by atoms with Crippen LogP contribution in [0.5, 0.6) is 6.01 Å². The number of halogens is 1. The molecule has 3 rings (SSSR count). The Balaban J connectivity index is 2.02. The Morgan fingerprint density at radius 3 is 3.00 bits per heavy atom. The Bertz CT molecular complexity index is 635. The van der Waals surface area contributed by atoms with Gasteiger partial charge in [0.2, 0.25) is 0 Å². The fraction of sp³-hybridized carbons (Fsp3) is 0.500. The highest BCUT2D eigenvalue weighted by Crippen LogP contribution is 2.31. The highest BCUT2D eigenvalue weighted by atomic mass is 35.5. The van der Waals surface area contributed by atoms with E-state index in [1.54, 1.807) is 4.57 Å². The van der Waals surface area contributed by atoms with E-state index in [-0.39, 0.29) is 18.4 Å². The summed E-state index contributed by atoms with van der Waals surface area (Å²) in [6.45, 7) is -0.266. The van der Waals surface area contributed by atoms with Crippen molar-refractivity contribution in [3.05, 3.63) is 6.33 Å². The van der Waals surface area contributed by atoms with Gasteiger partial charge in [-0.05, 0) is 0 Å². The van der Waals surface area contributed by atoms with Crippen LogP contribution >= 0.6 is 11.9 Å². The summed E-state index contributed by atoms with van der Waals surface area (Å²) in [4.78, 5) is 12.0. The zero-order valence-corrected chi connectivity index (χ0v) is 10.9. The van der Waals surface area contributed by atoms with Crippen LogP contribution in [0.1, 0.15) is 12.6 Å². The lowest BCUT2D eigenvalue weighted by atomic mass is 10.2. The van der Waals surface area contributed by atoms with Crippen LogP contribution in [0, 0.1) is 0 Å². The van der Waals surface area contributed by atoms with E-state index in [0.29, 0.717) is 17.6 Å². The highest BCUT2D eigenvalue weighted by molar-refractivity contribution is 6.08. The van der Waals surface area contributed by atoms with Crippen molar-refractivity contribution >= 4 is 28.8 Å². The molecule has 9 nitrogen and oxygen atoms in total. The molecule has 0 radical (unpaired) electrons. The highest BCUT2D eigenvalue weighted by Gasteiger charge is 2.35. The van der Waals surface area contributed by atoms with Gasteiger partial charge >= 0.3 is 6.01 Å². The standard InChI is InChI=1S/C10H12ClN5O4/c11-20-10-14-8(12)7-9(15-10)16(3-13-7)6-1-4(18)5(2-17)19-6/h3-6,17-18H,1-2H2,(H2,12,14,15)/t4-,5+,6+/m0/s1. The predicted molar refractivity (Wildman–Crippen MR) is 67.8 cm³/mol. The van der Waals surface area contributed by atoms with E-state index in [2.05, 4.69) is 19.2 Å². The van der Waals surface area contributed by atoms with E-state index in [9.17, 15) is 5.11 Å². The molecule has 1 aliphatic rings. The second-order valence-electron chi connectivity index (χ2n) is 4.41. The fourth-order valence-corrected chi connectivity index (χ4v) is 2.28. The first kappa shape index (κ1) is 13.3. The number of ether oxygens (including phenoxy) is 1. The molecule has 10 heteroatoms. The number of nitrogen functional groups attached to an aromatic ring is 1. The average molecular weight is 302 g/mol. The van der Waals surface area contributed by atoms with Gasteiger partial charge in [0.15, 0.2) is 17.0 Å². The molecule has 0 bridgehead atoms. The van der Waals surface area contributed by atoms with Crippen LogP contribution in [0.3, 0.4) is 0 Å². The number of imidazole rings is 1. The molecule has 4 N–H and O–H groups in total. The molecule has 0 aromatic carbocycles. The molecule has 0 aliphatic carbocycles. The first-order chi connectivity index (χ1) is 9.63. The minimum absolute atomic E-state index is 0.101. The first-order valence-corrected chi connectivity index (χ1v) is 6.18. The number of aromatic nitrogens is 4. The fourth-order valence-electron chi connectivity index (χ4n) is 2.21. The van der Waals surface area contributed by atoms with Gasteiger partial charge in [0.25, 0.3) is 0 Å². The number of anilines is 1. The molecular formula is C10H12ClN5O4. The van der Waals surface area contributed by atoms with Crippen LogP contribution < -0.4 is 10.0 Å². The Labute approximate surface area is 118 Å². The van der Waals surface area contributed by atoms with Gasteiger partial charge in [0.05, 0.1) is 19.0 Å². The summed E-state index contributed by atoms with van der Waals surface area (Å²) < 4.78 is 11.6. The normalized spacial score (nSPS) is 26.2. The summed E-state index contributed by atoms with van der Waals surface area (Å²) in [5.74, 6) is 0.127. The van der Waals surface area contributed by atoms with Crippen LogP contribution in [0.2, 0.25) is 0 Å². The molecule has 2 aromatic heterocycles. The number of nitrogens with zero attached hydrogens (tertiary/aromatic N) is 4. The van der Waals surface area contributed by atoms with Crippen LogP contribution in [0.25, 0.3) is 11.2 Å². The third kappa shape index (κ3) is 2.04. The number of nitrogens with two attached hydrogens (primary N) is 1. The van der Waals surface area contributed by atoms with Gasteiger partial charge in [-0.25, -0.2) is 4.98 Å². The van der Waals surface area contributed by atoms with E-state index in [1.807, 2.05) is 0 Å². The van der Waals surface area contributed by atoms with Crippen LogP contribution in [0.15, 0.2) is 6.33 Å². The van der Waals surface area contributed by atoms with Crippen molar-refractivity contribution in [2.75, 3.05) is 12.3 Å². The van der Waals surface area contributed by atoms with E-state index in [4.69, 9.17) is 27.4 Å². The zero-order valence-electron chi connectivity index (χ0n) is 10.2. The van der Waals surface area contributed by atoms with Gasteiger partial charge in [-0.1, -0.05) is 0 Å². The zero-order chi connectivity index (χ0) is 14.3. The topological polar surface area (TPSA) is 129 Å². The Hall–Kier alpha value is -1.68. The number of rotatable bonds is 3. The van der Waals surface area contributed by atoms with Gasteiger partial charge in [-0.2, -0.15) is 9.97 Å². The van der Waals surface area contributed by atoms with Crippen molar-refractivity contribution in [2.45, 2.75) is 24.9 Å². The van der Waals surface area contributed by atoms with E-state index in [0.717, 1.165) is 0 Å². The number of aliphatic hydroxyl groups excluding tert-OH is 2. The Morgan fingerprint density at radius 1 is 1.55 bits per heavy atom. The monoisotopic (exact) mass is 301 g/mol. The largest absolute Gasteiger partial charge is 0.394 e. The van der Waals surface area contributed by atoms with Crippen molar-refractivity contribution in [3.63, 3.8) is 0 Å². The van der Waals surface area contributed by atoms with Crippen molar-refractivity contribution in [1.82, 2.24) is 19.5 Å². The van der Waals surface area contributed by atoms with Crippen LogP contribution in [-0.2, 0) is 4.74 Å². The molecule has 2 aromatic rings. The number of aliphatic hydroxyl groups is 2. The maximum Gasteiger partial charge on any atom is 0.339 e. The van der Waals surface area contributed by atoms with Gasteiger partial charge in [0, 0.05) is 6.42 Å². The smallest absolute Gasteiger partial charge is 0.339 e. The molecule has 0 unspecified atom stereocenters. The molecule has 1 saturated heterocycles. The maximum atomic E-state index is 9.76. The number of fused-ring (bicyclic) bond motifs is 1. The first-order valence-electron chi connectivity index (χ1n) is 5.87. The van der Waals surface area contributed by atoms with Gasteiger partial charge in [-0.3, -0.25) is 4.57 Å². The lowest BCUT2D eigenvalue weighted by Gasteiger charge is -2.13. The van der Waals surface area contributed by atoms with E-state index in [1.165, 1.54) is 6.33 Å². The van der Waals surface area contributed by atoms with Crippen molar-refractivity contribution < 1.29 is 19.2 Å². The summed E-state index contributed by atoms with van der Waals surface area (Å²) in [5, 5.41) is 18.9. The molecule has 1 fully saturated rings. The Morgan fingerprint density at radius 2 is 2.35 bits per heavy atom. The van der Waals surface area contributed by atoms with Gasteiger partial charge in [0.1, 0.15) is 24.2 Å². The van der Waals surface area contributed by atoms with Crippen molar-refractivity contribution in [2.24, 2.45) is 0 Å². The molecule has 3 heterocycles. The third-order valence-corrected chi connectivity index (χ3v) is 3.33. The molecule has 20 heavy (non-hydrogen) atoms. The molecule has 0 spiro atoms. The van der Waals surface area contributed by atoms with Gasteiger partial charge < -0.3 is 25.0 Å². The SMILES string of the molecule is Nc1nc(OCl)nc2c1ncn2[C@H]1C[C@H](O)[C@@H](CO)O1. The lowest BCUT2D eigenvalue weighted by Crippen LogP contribution is -2.24. The maximum absolute atomic E-state index is 9.76. The second-order valence-corrected chi connectivity index (χ2v) is 4.56. The second kappa shape index (κ2) is 5.02. The average Bonchev–Trinajstić information content (AvgIpc) is 3.01. The summed E-state index contributed by atoms with van der Waals surface area (Å²) in [7, 11) is 0. The quantitative estimate of drug-likeness (QED) is 0.697.